The predicted molar refractivity (Wildman–Crippen MR) is 68.4 cm³/mol. The zero-order chi connectivity index (χ0) is 12.8. The van der Waals surface area contributed by atoms with Crippen molar-refractivity contribution in [2.24, 2.45) is 5.92 Å². The van der Waals surface area contributed by atoms with Gasteiger partial charge in [-0.2, -0.15) is 0 Å². The van der Waals surface area contributed by atoms with Crippen molar-refractivity contribution < 1.29 is 14.3 Å². The number of likely N-dealkylation sites (tertiary alicyclic amines) is 1. The maximum atomic E-state index is 12.2. The molecule has 2 heterocycles. The minimum Gasteiger partial charge on any atom is -0.384 e. The molecule has 1 amide bonds. The molecule has 1 N–H and O–H groups in total. The van der Waals surface area contributed by atoms with Crippen LogP contribution in [0.5, 0.6) is 0 Å². The summed E-state index contributed by atoms with van der Waals surface area (Å²) in [6.45, 7) is 4.76. The Kier molecular flexibility index (Phi) is 5.41. The maximum absolute atomic E-state index is 12.2. The molecule has 0 spiro atoms. The van der Waals surface area contributed by atoms with Gasteiger partial charge in [-0.15, -0.1) is 0 Å². The lowest BCUT2D eigenvalue weighted by molar-refractivity contribution is -0.134. The van der Waals surface area contributed by atoms with Gasteiger partial charge in [0.1, 0.15) is 0 Å². The predicted octanol–water partition coefficient (Wildman–Crippen LogP) is 0.250. The van der Waals surface area contributed by atoms with Gasteiger partial charge in [-0.05, 0) is 18.8 Å². The Morgan fingerprint density at radius 1 is 1.56 bits per heavy atom. The monoisotopic (exact) mass is 256 g/mol. The normalized spacial score (nSPS) is 29.3. The molecule has 2 saturated heterocycles. The number of morpholine rings is 1. The Labute approximate surface area is 109 Å². The number of nitrogens with zero attached hydrogens (tertiary/aromatic N) is 1. The highest BCUT2D eigenvalue weighted by molar-refractivity contribution is 5.77. The first kappa shape index (κ1) is 13.8. The molecule has 0 bridgehead atoms. The summed E-state index contributed by atoms with van der Waals surface area (Å²) < 4.78 is 10.6. The lowest BCUT2D eigenvalue weighted by Gasteiger charge is -2.34. The van der Waals surface area contributed by atoms with E-state index in [-0.39, 0.29) is 11.9 Å². The van der Waals surface area contributed by atoms with Crippen LogP contribution in [0.2, 0.25) is 0 Å². The van der Waals surface area contributed by atoms with E-state index >= 15 is 0 Å². The molecule has 2 rings (SSSR count). The number of amides is 1. The van der Waals surface area contributed by atoms with E-state index in [0.717, 1.165) is 39.3 Å². The minimum atomic E-state index is 0.189. The molecule has 0 aliphatic carbocycles. The number of hydrogen-bond donors (Lipinski definition) is 1. The largest absolute Gasteiger partial charge is 0.384 e. The summed E-state index contributed by atoms with van der Waals surface area (Å²) in [6.07, 6.45) is 2.82. The van der Waals surface area contributed by atoms with Crippen LogP contribution in [0.25, 0.3) is 0 Å². The molecule has 0 aromatic rings. The third kappa shape index (κ3) is 3.93. The van der Waals surface area contributed by atoms with Gasteiger partial charge in [0.25, 0.3) is 0 Å². The van der Waals surface area contributed by atoms with Crippen molar-refractivity contribution in [2.75, 3.05) is 46.6 Å². The molecule has 2 fully saturated rings. The Morgan fingerprint density at radius 3 is 3.17 bits per heavy atom. The number of nitrogens with one attached hydrogen (secondary N) is 1. The third-order valence-electron chi connectivity index (χ3n) is 3.69. The van der Waals surface area contributed by atoms with Gasteiger partial charge in [0.05, 0.1) is 19.8 Å². The van der Waals surface area contributed by atoms with Crippen LogP contribution >= 0.6 is 0 Å². The zero-order valence-corrected chi connectivity index (χ0v) is 11.2. The van der Waals surface area contributed by atoms with Crippen LogP contribution < -0.4 is 5.32 Å². The van der Waals surface area contributed by atoms with Crippen molar-refractivity contribution in [2.45, 2.75) is 25.3 Å². The quantitative estimate of drug-likeness (QED) is 0.783. The van der Waals surface area contributed by atoms with Gasteiger partial charge < -0.3 is 19.7 Å². The number of piperidine rings is 1. The summed E-state index contributed by atoms with van der Waals surface area (Å²) in [6, 6.07) is 0.189. The van der Waals surface area contributed by atoms with E-state index in [1.807, 2.05) is 4.90 Å². The molecule has 5 heteroatoms. The molecule has 0 aromatic carbocycles. The molecule has 0 radical (unpaired) electrons. The molecular weight excluding hydrogens is 232 g/mol. The van der Waals surface area contributed by atoms with Crippen molar-refractivity contribution in [3.05, 3.63) is 0 Å². The van der Waals surface area contributed by atoms with Crippen LogP contribution in [0.15, 0.2) is 0 Å². The summed E-state index contributed by atoms with van der Waals surface area (Å²) in [7, 11) is 1.73. The van der Waals surface area contributed by atoms with Gasteiger partial charge in [-0.25, -0.2) is 0 Å². The maximum Gasteiger partial charge on any atom is 0.224 e. The first-order chi connectivity index (χ1) is 8.79. The van der Waals surface area contributed by atoms with Crippen molar-refractivity contribution in [1.82, 2.24) is 10.2 Å². The van der Waals surface area contributed by atoms with E-state index in [1.54, 1.807) is 7.11 Å². The molecule has 2 aliphatic heterocycles. The fourth-order valence-corrected chi connectivity index (χ4v) is 2.75. The van der Waals surface area contributed by atoms with Gasteiger partial charge >= 0.3 is 0 Å². The summed E-state index contributed by atoms with van der Waals surface area (Å²) in [5.74, 6) is 0.752. The smallest absolute Gasteiger partial charge is 0.224 e. The highest BCUT2D eigenvalue weighted by atomic mass is 16.5. The molecule has 5 nitrogen and oxygen atoms in total. The van der Waals surface area contributed by atoms with Crippen molar-refractivity contribution in [3.8, 4) is 0 Å². The average molecular weight is 256 g/mol. The van der Waals surface area contributed by atoms with Gasteiger partial charge in [-0.1, -0.05) is 0 Å². The lowest BCUT2D eigenvalue weighted by Crippen LogP contribution is -2.47. The van der Waals surface area contributed by atoms with E-state index in [1.165, 1.54) is 6.42 Å². The van der Waals surface area contributed by atoms with Crippen LogP contribution in [0.4, 0.5) is 0 Å². The van der Waals surface area contributed by atoms with Gasteiger partial charge in [0.2, 0.25) is 5.91 Å². The number of carbonyl (C=O) groups excluding carboxylic acids is 1. The zero-order valence-electron chi connectivity index (χ0n) is 11.2. The molecule has 2 aliphatic rings. The Hall–Kier alpha value is -0.650. The summed E-state index contributed by atoms with van der Waals surface area (Å²) in [4.78, 5) is 14.2. The first-order valence-electron chi connectivity index (χ1n) is 6.87. The molecule has 2 unspecified atom stereocenters. The number of rotatable bonds is 4. The van der Waals surface area contributed by atoms with Crippen LogP contribution in [0.1, 0.15) is 19.3 Å². The lowest BCUT2D eigenvalue weighted by atomic mass is 9.98. The fourth-order valence-electron chi connectivity index (χ4n) is 2.75. The number of methoxy groups -OCH3 is 1. The molecule has 2 atom stereocenters. The highest BCUT2D eigenvalue weighted by Crippen LogP contribution is 2.18. The third-order valence-corrected chi connectivity index (χ3v) is 3.69. The summed E-state index contributed by atoms with van der Waals surface area (Å²) in [5, 5.41) is 3.33. The van der Waals surface area contributed by atoms with Crippen molar-refractivity contribution in [3.63, 3.8) is 0 Å². The second-order valence-electron chi connectivity index (χ2n) is 5.23. The van der Waals surface area contributed by atoms with E-state index < -0.39 is 0 Å². The molecule has 104 valence electrons. The molecule has 0 saturated carbocycles. The Bertz CT molecular complexity index is 265. The van der Waals surface area contributed by atoms with Crippen LogP contribution in [-0.2, 0) is 14.3 Å². The first-order valence-corrected chi connectivity index (χ1v) is 6.87. The summed E-state index contributed by atoms with van der Waals surface area (Å²) >= 11 is 0. The number of hydrogen-bond acceptors (Lipinski definition) is 4. The highest BCUT2D eigenvalue weighted by Gasteiger charge is 2.26. The van der Waals surface area contributed by atoms with Gasteiger partial charge in [0.15, 0.2) is 0 Å². The Morgan fingerprint density at radius 2 is 2.44 bits per heavy atom. The molecular formula is C13H24N2O3. The van der Waals surface area contributed by atoms with E-state index in [2.05, 4.69) is 5.32 Å². The number of carbonyl (C=O) groups is 1. The minimum absolute atomic E-state index is 0.189. The van der Waals surface area contributed by atoms with E-state index in [4.69, 9.17) is 9.47 Å². The van der Waals surface area contributed by atoms with Crippen molar-refractivity contribution >= 4 is 5.91 Å². The van der Waals surface area contributed by atoms with Gasteiger partial charge in [-0.3, -0.25) is 4.79 Å². The molecule has 0 aromatic heterocycles. The topological polar surface area (TPSA) is 50.8 Å². The van der Waals surface area contributed by atoms with Crippen LogP contribution in [0, 0.1) is 5.92 Å². The van der Waals surface area contributed by atoms with Crippen molar-refractivity contribution in [1.29, 1.82) is 0 Å². The average Bonchev–Trinajstić information content (AvgIpc) is 2.40. The van der Waals surface area contributed by atoms with E-state index in [9.17, 15) is 4.79 Å². The number of ether oxygens (including phenoxy) is 2. The van der Waals surface area contributed by atoms with Crippen LogP contribution in [0.3, 0.4) is 0 Å². The fraction of sp³-hybridized carbons (Fsp3) is 0.923. The summed E-state index contributed by atoms with van der Waals surface area (Å²) in [5.41, 5.74) is 0. The second-order valence-corrected chi connectivity index (χ2v) is 5.23. The van der Waals surface area contributed by atoms with E-state index in [0.29, 0.717) is 18.9 Å². The second kappa shape index (κ2) is 7.07. The van der Waals surface area contributed by atoms with Gasteiger partial charge in [0, 0.05) is 39.2 Å². The standard InChI is InChI=1S/C13H24N2O3/c1-17-9-11-3-2-5-15(8-11)13(16)7-12-10-18-6-4-14-12/h11-12,14H,2-10H2,1H3. The Balaban J connectivity index is 1.76. The SMILES string of the molecule is COCC1CCCN(C(=O)CC2COCCN2)C1. The van der Waals surface area contributed by atoms with Crippen LogP contribution in [-0.4, -0.2) is 63.4 Å². The molecule has 18 heavy (non-hydrogen) atoms.